The lowest BCUT2D eigenvalue weighted by Gasteiger charge is -2.56. The molecule has 4 unspecified atom stereocenters. The second-order valence-corrected chi connectivity index (χ2v) is 10.3. The third-order valence-electron chi connectivity index (χ3n) is 9.28. The number of hydrogen-bond donors (Lipinski definition) is 0. The molecule has 3 saturated carbocycles. The summed E-state index contributed by atoms with van der Waals surface area (Å²) in [5.74, 6) is 1.74. The molecule has 2 bridgehead atoms. The molecule has 1 aliphatic heterocycles. The van der Waals surface area contributed by atoms with Crippen molar-refractivity contribution in [1.29, 1.82) is 0 Å². The van der Waals surface area contributed by atoms with Crippen LogP contribution in [0.5, 0.6) is 0 Å². The highest BCUT2D eigenvalue weighted by Crippen LogP contribution is 2.68. The Bertz CT molecular complexity index is 784. The van der Waals surface area contributed by atoms with Crippen LogP contribution < -0.4 is 0 Å². The molecule has 5 heteroatoms. The predicted octanol–water partition coefficient (Wildman–Crippen LogP) is 3.65. The van der Waals surface area contributed by atoms with Gasteiger partial charge in [-0.2, -0.15) is 0 Å². The van der Waals surface area contributed by atoms with Crippen LogP contribution in [0.15, 0.2) is 11.6 Å². The van der Waals surface area contributed by atoms with Gasteiger partial charge in [0.2, 0.25) is 0 Å². The van der Waals surface area contributed by atoms with Crippen molar-refractivity contribution in [3.63, 3.8) is 0 Å². The van der Waals surface area contributed by atoms with Gasteiger partial charge in [-0.25, -0.2) is 0 Å². The summed E-state index contributed by atoms with van der Waals surface area (Å²) in [6, 6.07) is 0. The topological polar surface area (TPSA) is 69.7 Å². The van der Waals surface area contributed by atoms with Gasteiger partial charge in [-0.1, -0.05) is 13.8 Å². The molecule has 0 radical (unpaired) electrons. The first kappa shape index (κ1) is 19.5. The van der Waals surface area contributed by atoms with Crippen LogP contribution in [0, 0.1) is 34.5 Å². The Morgan fingerprint density at radius 2 is 2.03 bits per heavy atom. The standard InChI is InChI=1S/C24H32O5/c1-3-22(27)28-12-20(26)18-5-4-16-15-11-21-19-10-14(25)6-9-24(19,13-29-21)17(15)7-8-23(16,18)2/h10,15-18,21H,3-9,11-13H2,1-2H3/t15?,16?,17?,18-,21?,23+,24+/m1/s1. The lowest BCUT2D eigenvalue weighted by molar-refractivity contribution is -0.150. The Morgan fingerprint density at radius 1 is 1.21 bits per heavy atom. The molecular weight excluding hydrogens is 368 g/mol. The molecule has 5 rings (SSSR count). The summed E-state index contributed by atoms with van der Waals surface area (Å²) in [5, 5.41) is 0. The minimum atomic E-state index is -0.298. The van der Waals surface area contributed by atoms with Gasteiger partial charge >= 0.3 is 5.97 Å². The van der Waals surface area contributed by atoms with E-state index < -0.39 is 0 Å². The fourth-order valence-corrected chi connectivity index (χ4v) is 7.92. The molecule has 5 aliphatic rings. The van der Waals surface area contributed by atoms with Gasteiger partial charge in [-0.05, 0) is 73.3 Å². The molecule has 0 aromatic rings. The molecule has 0 amide bonds. The maximum absolute atomic E-state index is 12.9. The van der Waals surface area contributed by atoms with Crippen molar-refractivity contribution < 1.29 is 23.9 Å². The van der Waals surface area contributed by atoms with E-state index in [1.807, 2.05) is 6.08 Å². The molecule has 5 nitrogen and oxygen atoms in total. The number of carbonyl (C=O) groups is 3. The van der Waals surface area contributed by atoms with Crippen molar-refractivity contribution in [2.45, 2.75) is 71.3 Å². The fourth-order valence-electron chi connectivity index (χ4n) is 7.92. The smallest absolute Gasteiger partial charge is 0.305 e. The lowest BCUT2D eigenvalue weighted by atomic mass is 9.46. The van der Waals surface area contributed by atoms with E-state index in [-0.39, 0.29) is 47.0 Å². The summed E-state index contributed by atoms with van der Waals surface area (Å²) in [5.41, 5.74) is 1.36. The highest BCUT2D eigenvalue weighted by atomic mass is 16.5. The van der Waals surface area contributed by atoms with Gasteiger partial charge in [0.15, 0.2) is 11.6 Å². The Kier molecular flexibility index (Phi) is 4.54. The molecule has 0 aromatic heterocycles. The van der Waals surface area contributed by atoms with Crippen LogP contribution in [0.25, 0.3) is 0 Å². The van der Waals surface area contributed by atoms with E-state index in [1.54, 1.807) is 6.92 Å². The van der Waals surface area contributed by atoms with Gasteiger partial charge in [0.1, 0.15) is 6.61 Å². The van der Waals surface area contributed by atoms with E-state index in [0.717, 1.165) is 45.1 Å². The predicted molar refractivity (Wildman–Crippen MR) is 106 cm³/mol. The zero-order valence-electron chi connectivity index (χ0n) is 17.6. The van der Waals surface area contributed by atoms with Crippen LogP contribution in [-0.4, -0.2) is 36.9 Å². The van der Waals surface area contributed by atoms with E-state index in [0.29, 0.717) is 30.6 Å². The number of hydrogen-bond acceptors (Lipinski definition) is 5. The van der Waals surface area contributed by atoms with Crippen LogP contribution in [0.1, 0.15) is 65.2 Å². The average molecular weight is 401 g/mol. The van der Waals surface area contributed by atoms with Crippen LogP contribution in [-0.2, 0) is 23.9 Å². The van der Waals surface area contributed by atoms with E-state index >= 15 is 0 Å². The average Bonchev–Trinajstić information content (AvgIpc) is 3.19. The van der Waals surface area contributed by atoms with Gasteiger partial charge < -0.3 is 9.47 Å². The number of esters is 1. The number of Topliss-reactive ketones (excluding diaryl/α,β-unsaturated/α-hetero) is 1. The first-order valence-electron chi connectivity index (χ1n) is 11.4. The highest BCUT2D eigenvalue weighted by Gasteiger charge is 2.65. The Balaban J connectivity index is 1.38. The van der Waals surface area contributed by atoms with E-state index in [1.165, 1.54) is 5.57 Å². The largest absolute Gasteiger partial charge is 0.458 e. The third-order valence-corrected chi connectivity index (χ3v) is 9.28. The molecule has 1 saturated heterocycles. The monoisotopic (exact) mass is 400 g/mol. The summed E-state index contributed by atoms with van der Waals surface area (Å²) in [6.45, 7) is 4.76. The summed E-state index contributed by atoms with van der Waals surface area (Å²) < 4.78 is 11.4. The molecule has 4 aliphatic carbocycles. The van der Waals surface area contributed by atoms with Crippen molar-refractivity contribution in [2.24, 2.45) is 34.5 Å². The van der Waals surface area contributed by atoms with Crippen LogP contribution in [0.2, 0.25) is 0 Å². The van der Waals surface area contributed by atoms with E-state index in [4.69, 9.17) is 9.47 Å². The SMILES string of the molecule is CCC(=O)OCC(=O)[C@H]1CCC2C3CC4OC[C@@]5(CCC(=O)C=C45)C3CC[C@@]21C. The lowest BCUT2D eigenvalue weighted by Crippen LogP contribution is -2.53. The summed E-state index contributed by atoms with van der Waals surface area (Å²) >= 11 is 0. The molecule has 29 heavy (non-hydrogen) atoms. The number of carbonyl (C=O) groups excluding carboxylic acids is 3. The van der Waals surface area contributed by atoms with Crippen LogP contribution in [0.3, 0.4) is 0 Å². The van der Waals surface area contributed by atoms with Crippen molar-refractivity contribution in [2.75, 3.05) is 13.2 Å². The van der Waals surface area contributed by atoms with E-state index in [2.05, 4.69) is 6.92 Å². The molecule has 7 atom stereocenters. The fraction of sp³-hybridized carbons (Fsp3) is 0.792. The maximum atomic E-state index is 12.9. The summed E-state index contributed by atoms with van der Waals surface area (Å²) in [4.78, 5) is 36.5. The minimum Gasteiger partial charge on any atom is -0.458 e. The summed E-state index contributed by atoms with van der Waals surface area (Å²) in [6.07, 6.45) is 9.05. The quantitative estimate of drug-likeness (QED) is 0.674. The van der Waals surface area contributed by atoms with Crippen LogP contribution in [0.4, 0.5) is 0 Å². The molecular formula is C24H32O5. The van der Waals surface area contributed by atoms with Crippen molar-refractivity contribution in [3.8, 4) is 0 Å². The number of fused-ring (bicyclic) bond motifs is 3. The van der Waals surface area contributed by atoms with Gasteiger partial charge in [-0.15, -0.1) is 0 Å². The normalized spacial score (nSPS) is 45.1. The number of ketones is 2. The summed E-state index contributed by atoms with van der Waals surface area (Å²) in [7, 11) is 0. The van der Waals surface area contributed by atoms with E-state index in [9.17, 15) is 14.4 Å². The second-order valence-electron chi connectivity index (χ2n) is 10.3. The molecule has 0 spiro atoms. The first-order chi connectivity index (χ1) is 13.9. The second kappa shape index (κ2) is 6.76. The van der Waals surface area contributed by atoms with Gasteiger partial charge in [0, 0.05) is 24.2 Å². The van der Waals surface area contributed by atoms with Gasteiger partial charge in [-0.3, -0.25) is 14.4 Å². The zero-order chi connectivity index (χ0) is 20.4. The van der Waals surface area contributed by atoms with Gasteiger partial charge in [0.25, 0.3) is 0 Å². The van der Waals surface area contributed by atoms with Crippen molar-refractivity contribution >= 4 is 17.5 Å². The highest BCUT2D eigenvalue weighted by molar-refractivity contribution is 5.92. The zero-order valence-corrected chi connectivity index (χ0v) is 17.6. The van der Waals surface area contributed by atoms with Crippen LogP contribution >= 0.6 is 0 Å². The number of rotatable bonds is 4. The molecule has 0 N–H and O–H groups in total. The Hall–Kier alpha value is -1.49. The van der Waals surface area contributed by atoms with Crippen molar-refractivity contribution in [3.05, 3.63) is 11.6 Å². The minimum absolute atomic E-state index is 0.000879. The molecule has 158 valence electrons. The molecule has 4 fully saturated rings. The maximum Gasteiger partial charge on any atom is 0.305 e. The van der Waals surface area contributed by atoms with Crippen molar-refractivity contribution in [1.82, 2.24) is 0 Å². The first-order valence-corrected chi connectivity index (χ1v) is 11.4. The number of ether oxygens (including phenoxy) is 2. The Morgan fingerprint density at radius 3 is 2.83 bits per heavy atom. The Labute approximate surface area is 172 Å². The third kappa shape index (κ3) is 2.72. The molecule has 1 heterocycles. The van der Waals surface area contributed by atoms with Gasteiger partial charge in [0.05, 0.1) is 12.7 Å². The molecule has 0 aromatic carbocycles.